The molecular formula is C29H37BBrNO8. The van der Waals surface area contributed by atoms with Crippen LogP contribution in [0.5, 0.6) is 5.75 Å². The smallest absolute Gasteiger partial charge is 0.455 e. The molecule has 3 N–H and O–H groups in total. The molecule has 0 radical (unpaired) electrons. The molecule has 2 heterocycles. The van der Waals surface area contributed by atoms with E-state index in [4.69, 9.17) is 14.5 Å². The molecule has 2 aliphatic heterocycles. The number of imide groups is 1. The molecule has 11 heteroatoms. The lowest BCUT2D eigenvalue weighted by Crippen LogP contribution is -2.46. The highest BCUT2D eigenvalue weighted by molar-refractivity contribution is 9.10. The van der Waals surface area contributed by atoms with E-state index in [1.54, 1.807) is 19.2 Å². The minimum absolute atomic E-state index is 0.0703. The van der Waals surface area contributed by atoms with Crippen LogP contribution in [-0.2, 0) is 23.8 Å². The van der Waals surface area contributed by atoms with Gasteiger partial charge in [-0.05, 0) is 80.6 Å². The third-order valence-electron chi connectivity index (χ3n) is 8.18. The summed E-state index contributed by atoms with van der Waals surface area (Å²) >= 11 is 3.43. The molecule has 1 aliphatic carbocycles. The number of aliphatic carboxylic acids is 1. The number of allylic oxidation sites excluding steroid dienone is 1. The van der Waals surface area contributed by atoms with Gasteiger partial charge in [0.15, 0.2) is 0 Å². The van der Waals surface area contributed by atoms with Gasteiger partial charge in [0, 0.05) is 30.1 Å². The Bertz CT molecular complexity index is 1200. The zero-order chi connectivity index (χ0) is 29.0. The summed E-state index contributed by atoms with van der Waals surface area (Å²) in [4.78, 5) is 39.1. The van der Waals surface area contributed by atoms with Crippen LogP contribution in [0.2, 0.25) is 6.32 Å². The van der Waals surface area contributed by atoms with Gasteiger partial charge in [0.1, 0.15) is 5.75 Å². The van der Waals surface area contributed by atoms with E-state index in [0.29, 0.717) is 50.7 Å². The summed E-state index contributed by atoms with van der Waals surface area (Å²) < 4.78 is 12.4. The maximum Gasteiger partial charge on any atom is 0.455 e. The molecule has 4 atom stereocenters. The number of benzene rings is 1. The fraction of sp³-hybridized carbons (Fsp3) is 0.552. The molecule has 2 fully saturated rings. The molecule has 4 rings (SSSR count). The average Bonchev–Trinajstić information content (AvgIpc) is 3.13. The van der Waals surface area contributed by atoms with Gasteiger partial charge in [-0.3, -0.25) is 19.3 Å². The number of fused-ring (bicyclic) bond motifs is 3. The van der Waals surface area contributed by atoms with Gasteiger partial charge in [0.2, 0.25) is 11.8 Å². The third kappa shape index (κ3) is 6.87. The van der Waals surface area contributed by atoms with Gasteiger partial charge < -0.3 is 24.6 Å². The van der Waals surface area contributed by atoms with Crippen LogP contribution in [0.15, 0.2) is 39.4 Å². The maximum atomic E-state index is 13.6. The molecule has 0 saturated carbocycles. The fourth-order valence-corrected chi connectivity index (χ4v) is 6.80. The van der Waals surface area contributed by atoms with Crippen molar-refractivity contribution in [2.45, 2.75) is 64.3 Å². The summed E-state index contributed by atoms with van der Waals surface area (Å²) in [6.07, 6.45) is 5.13. The number of phenolic OH excluding ortho intramolecular Hbond substituents is 1. The molecule has 0 aromatic heterocycles. The molecular weight excluding hydrogens is 581 g/mol. The summed E-state index contributed by atoms with van der Waals surface area (Å²) in [6, 6.07) is 5.25. The standard InChI is InChI=1S/C29H37BBrNO8/c1-17(12-18-13-20(31)8-9-23(18)33)7-10-24-26-19(16-39-2)14-21-27(22(26)15-30(38)40-24)29(37)32(28(21)36)11-5-3-4-6-25(34)35/h8-9,12-13,21-22,24,27,33,38H,3-7,10-11,14-16H2,1-2H3,(H,34,35)/b17-12+/t21-,22+,24-,27-/m1/s1. The first-order valence-electron chi connectivity index (χ1n) is 13.9. The molecule has 40 heavy (non-hydrogen) atoms. The number of hydrogen-bond acceptors (Lipinski definition) is 7. The number of unbranched alkanes of at least 4 members (excludes halogenated alkanes) is 2. The average molecular weight is 618 g/mol. The summed E-state index contributed by atoms with van der Waals surface area (Å²) in [5.41, 5.74) is 3.65. The van der Waals surface area contributed by atoms with Crippen molar-refractivity contribution in [3.63, 3.8) is 0 Å². The first kappa shape index (κ1) is 30.5. The Kier molecular flexibility index (Phi) is 10.3. The number of carboxylic acids is 1. The van der Waals surface area contributed by atoms with Gasteiger partial charge in [0.25, 0.3) is 0 Å². The second-order valence-electron chi connectivity index (χ2n) is 11.0. The number of carbonyl (C=O) groups excluding carboxylic acids is 2. The van der Waals surface area contributed by atoms with Crippen molar-refractivity contribution in [2.24, 2.45) is 17.8 Å². The minimum atomic E-state index is -1.05. The monoisotopic (exact) mass is 617 g/mol. The van der Waals surface area contributed by atoms with Crippen LogP contribution in [0.1, 0.15) is 57.4 Å². The van der Waals surface area contributed by atoms with Gasteiger partial charge in [0.05, 0.1) is 24.5 Å². The van der Waals surface area contributed by atoms with Crippen molar-refractivity contribution in [2.75, 3.05) is 20.3 Å². The number of likely N-dealkylation sites (tertiary alicyclic amines) is 1. The molecule has 216 valence electrons. The number of methoxy groups -OCH3 is 1. The summed E-state index contributed by atoms with van der Waals surface area (Å²) in [5, 5.41) is 29.8. The number of carbonyl (C=O) groups is 3. The normalized spacial score (nSPS) is 24.9. The Hall–Kier alpha value is -2.47. The Balaban J connectivity index is 1.51. The number of halogens is 1. The van der Waals surface area contributed by atoms with Crippen LogP contribution >= 0.6 is 15.9 Å². The van der Waals surface area contributed by atoms with Gasteiger partial charge in [-0.2, -0.15) is 0 Å². The summed E-state index contributed by atoms with van der Waals surface area (Å²) in [6.45, 7) is 2.58. The molecule has 2 saturated heterocycles. The number of phenols is 1. The number of amides is 2. The molecule has 0 unspecified atom stereocenters. The van der Waals surface area contributed by atoms with Crippen LogP contribution in [0.4, 0.5) is 0 Å². The summed E-state index contributed by atoms with van der Waals surface area (Å²) in [7, 11) is 0.553. The van der Waals surface area contributed by atoms with Gasteiger partial charge in [-0.15, -0.1) is 0 Å². The topological polar surface area (TPSA) is 134 Å². The van der Waals surface area contributed by atoms with E-state index in [1.807, 2.05) is 19.1 Å². The number of rotatable bonds is 12. The Morgan fingerprint density at radius 2 is 1.98 bits per heavy atom. The highest BCUT2D eigenvalue weighted by Crippen LogP contribution is 2.50. The second-order valence-corrected chi connectivity index (χ2v) is 11.9. The second kappa shape index (κ2) is 13.5. The third-order valence-corrected chi connectivity index (χ3v) is 8.68. The van der Waals surface area contributed by atoms with Crippen LogP contribution in [0.3, 0.4) is 0 Å². The molecule has 0 bridgehead atoms. The molecule has 2 amide bonds. The highest BCUT2D eigenvalue weighted by Gasteiger charge is 2.57. The zero-order valence-electron chi connectivity index (χ0n) is 23.0. The highest BCUT2D eigenvalue weighted by atomic mass is 79.9. The fourth-order valence-electron chi connectivity index (χ4n) is 6.42. The van der Waals surface area contributed by atoms with E-state index >= 15 is 0 Å². The maximum absolute atomic E-state index is 13.6. The van der Waals surface area contributed by atoms with Crippen LogP contribution in [-0.4, -0.2) is 71.4 Å². The lowest BCUT2D eigenvalue weighted by atomic mass is 9.58. The predicted octanol–water partition coefficient (Wildman–Crippen LogP) is 4.43. The molecule has 1 aromatic rings. The number of nitrogens with zero attached hydrogens (tertiary/aromatic N) is 1. The lowest BCUT2D eigenvalue weighted by molar-refractivity contribution is -0.141. The van der Waals surface area contributed by atoms with Crippen molar-refractivity contribution in [1.29, 1.82) is 0 Å². The van der Waals surface area contributed by atoms with E-state index in [0.717, 1.165) is 21.2 Å². The van der Waals surface area contributed by atoms with Gasteiger partial charge in [-0.1, -0.05) is 34.0 Å². The Morgan fingerprint density at radius 3 is 2.70 bits per heavy atom. The van der Waals surface area contributed by atoms with Gasteiger partial charge in [-0.25, -0.2) is 0 Å². The Morgan fingerprint density at radius 1 is 1.20 bits per heavy atom. The Labute approximate surface area is 243 Å². The zero-order valence-corrected chi connectivity index (χ0v) is 24.6. The SMILES string of the molecule is COCC1=C2[C@@H](CC/C(C)=C/c3cc(Br)ccc3O)OB(O)C[C@@H]2[C@@H]2C(=O)N(CCCCCC(=O)O)C(=O)[C@@H]2C1. The van der Waals surface area contributed by atoms with Crippen molar-refractivity contribution >= 4 is 46.9 Å². The molecule has 0 spiro atoms. The molecule has 9 nitrogen and oxygen atoms in total. The van der Waals surface area contributed by atoms with E-state index in [-0.39, 0.29) is 42.8 Å². The first-order valence-corrected chi connectivity index (χ1v) is 14.7. The lowest BCUT2D eigenvalue weighted by Gasteiger charge is -2.43. The van der Waals surface area contributed by atoms with Crippen molar-refractivity contribution in [3.8, 4) is 5.75 Å². The van der Waals surface area contributed by atoms with Crippen LogP contribution < -0.4 is 0 Å². The van der Waals surface area contributed by atoms with Crippen LogP contribution in [0, 0.1) is 17.8 Å². The quantitative estimate of drug-likeness (QED) is 0.136. The van der Waals surface area contributed by atoms with Crippen molar-refractivity contribution in [3.05, 3.63) is 45.0 Å². The van der Waals surface area contributed by atoms with Crippen molar-refractivity contribution in [1.82, 2.24) is 4.90 Å². The first-order chi connectivity index (χ1) is 19.1. The van der Waals surface area contributed by atoms with Gasteiger partial charge >= 0.3 is 13.1 Å². The van der Waals surface area contributed by atoms with Crippen LogP contribution in [0.25, 0.3) is 6.08 Å². The van der Waals surface area contributed by atoms with E-state index in [9.17, 15) is 24.5 Å². The number of ether oxygens (including phenoxy) is 1. The molecule has 3 aliphatic rings. The minimum Gasteiger partial charge on any atom is -0.507 e. The number of aromatic hydroxyl groups is 1. The predicted molar refractivity (Wildman–Crippen MR) is 153 cm³/mol. The number of hydrogen-bond donors (Lipinski definition) is 3. The largest absolute Gasteiger partial charge is 0.507 e. The van der Waals surface area contributed by atoms with E-state index in [1.165, 1.54) is 4.90 Å². The summed E-state index contributed by atoms with van der Waals surface area (Å²) in [5.74, 6) is -2.41. The van der Waals surface area contributed by atoms with E-state index < -0.39 is 31.0 Å². The number of carboxylic acid groups (broad SMARTS) is 1. The van der Waals surface area contributed by atoms with E-state index in [2.05, 4.69) is 15.9 Å². The van der Waals surface area contributed by atoms with Crippen molar-refractivity contribution < 1.29 is 39.0 Å². The molecule has 1 aromatic carbocycles.